The van der Waals surface area contributed by atoms with E-state index in [1.165, 1.54) is 27.2 Å². The van der Waals surface area contributed by atoms with Gasteiger partial charge in [0, 0.05) is 25.9 Å². The van der Waals surface area contributed by atoms with Crippen molar-refractivity contribution >= 4 is 18.0 Å². The lowest BCUT2D eigenvalue weighted by molar-refractivity contribution is -0.149. The number of alkyl carbamates (subject to hydrolysis) is 1. The van der Waals surface area contributed by atoms with Crippen LogP contribution in [0.2, 0.25) is 0 Å². The molecule has 0 aliphatic heterocycles. The Hall–Kier alpha value is -3.35. The van der Waals surface area contributed by atoms with Gasteiger partial charge in [0.05, 0.1) is 0 Å². The Labute approximate surface area is 200 Å². The molecule has 0 aromatic heterocycles. The first-order valence-electron chi connectivity index (χ1n) is 12.0. The molecule has 34 heavy (non-hydrogen) atoms. The van der Waals surface area contributed by atoms with Gasteiger partial charge in [0.15, 0.2) is 0 Å². The number of carboxylic acids is 1. The summed E-state index contributed by atoms with van der Waals surface area (Å²) in [6.07, 6.45) is 1.99. The molecule has 2 aliphatic carbocycles. The van der Waals surface area contributed by atoms with Gasteiger partial charge in [0.1, 0.15) is 12.6 Å². The van der Waals surface area contributed by atoms with Gasteiger partial charge in [-0.05, 0) is 53.4 Å². The van der Waals surface area contributed by atoms with E-state index in [0.29, 0.717) is 25.3 Å². The Balaban J connectivity index is 1.19. The van der Waals surface area contributed by atoms with E-state index in [2.05, 4.69) is 29.6 Å². The van der Waals surface area contributed by atoms with Crippen molar-refractivity contribution in [2.24, 2.45) is 11.8 Å². The van der Waals surface area contributed by atoms with E-state index in [1.807, 2.05) is 24.3 Å². The highest BCUT2D eigenvalue weighted by Crippen LogP contribution is 2.44. The number of carbonyl (C=O) groups excluding carboxylic acids is 2. The van der Waals surface area contributed by atoms with Crippen LogP contribution < -0.4 is 5.32 Å². The van der Waals surface area contributed by atoms with E-state index in [1.54, 1.807) is 14.0 Å². The third-order valence-corrected chi connectivity index (χ3v) is 7.21. The fourth-order valence-electron chi connectivity index (χ4n) is 5.26. The average molecular weight is 465 g/mol. The summed E-state index contributed by atoms with van der Waals surface area (Å²) in [6, 6.07) is 15.7. The van der Waals surface area contributed by atoms with Crippen molar-refractivity contribution in [3.8, 4) is 11.1 Å². The summed E-state index contributed by atoms with van der Waals surface area (Å²) < 4.78 is 5.58. The van der Waals surface area contributed by atoms with Crippen LogP contribution in [-0.2, 0) is 14.3 Å². The molecular weight excluding hydrogens is 432 g/mol. The lowest BCUT2D eigenvalue weighted by Gasteiger charge is -2.36. The van der Waals surface area contributed by atoms with Crippen molar-refractivity contribution in [2.75, 3.05) is 20.2 Å². The number of benzene rings is 2. The molecule has 1 unspecified atom stereocenters. The van der Waals surface area contributed by atoms with E-state index in [-0.39, 0.29) is 24.3 Å². The van der Waals surface area contributed by atoms with Crippen LogP contribution in [0.1, 0.15) is 49.7 Å². The second-order valence-electron chi connectivity index (χ2n) is 9.38. The van der Waals surface area contributed by atoms with Crippen LogP contribution in [0.4, 0.5) is 4.79 Å². The van der Waals surface area contributed by atoms with Gasteiger partial charge in [-0.15, -0.1) is 0 Å². The molecule has 0 heterocycles. The van der Waals surface area contributed by atoms with Crippen LogP contribution in [0, 0.1) is 11.8 Å². The van der Waals surface area contributed by atoms with E-state index < -0.39 is 18.1 Å². The molecule has 2 amide bonds. The summed E-state index contributed by atoms with van der Waals surface area (Å²) in [5.41, 5.74) is 4.75. The largest absolute Gasteiger partial charge is 0.480 e. The molecular formula is C27H32N2O5. The number of aliphatic carboxylic acids is 1. The molecule has 2 aromatic rings. The predicted octanol–water partition coefficient (Wildman–Crippen LogP) is 4.26. The summed E-state index contributed by atoms with van der Waals surface area (Å²) in [4.78, 5) is 37.3. The highest BCUT2D eigenvalue weighted by atomic mass is 16.5. The van der Waals surface area contributed by atoms with Crippen LogP contribution >= 0.6 is 0 Å². The zero-order valence-corrected chi connectivity index (χ0v) is 19.7. The summed E-state index contributed by atoms with van der Waals surface area (Å²) in [5.74, 6) is -0.535. The second-order valence-corrected chi connectivity index (χ2v) is 9.38. The first-order chi connectivity index (χ1) is 16.4. The predicted molar refractivity (Wildman–Crippen MR) is 128 cm³/mol. The number of nitrogens with one attached hydrogen (secondary N) is 1. The number of nitrogens with zero attached hydrogens (tertiary/aromatic N) is 1. The summed E-state index contributed by atoms with van der Waals surface area (Å²) in [7, 11) is 1.56. The number of rotatable bonds is 9. The second kappa shape index (κ2) is 10.3. The first-order valence-corrected chi connectivity index (χ1v) is 12.0. The zero-order valence-electron chi connectivity index (χ0n) is 19.7. The topological polar surface area (TPSA) is 95.9 Å². The molecule has 1 saturated carbocycles. The van der Waals surface area contributed by atoms with Crippen molar-refractivity contribution in [1.29, 1.82) is 0 Å². The van der Waals surface area contributed by atoms with E-state index in [0.717, 1.165) is 12.8 Å². The maximum absolute atomic E-state index is 12.4. The van der Waals surface area contributed by atoms with E-state index in [4.69, 9.17) is 4.74 Å². The van der Waals surface area contributed by atoms with Crippen LogP contribution in [0.5, 0.6) is 0 Å². The Morgan fingerprint density at radius 3 is 2.18 bits per heavy atom. The average Bonchev–Trinajstić information content (AvgIpc) is 3.12. The summed E-state index contributed by atoms with van der Waals surface area (Å²) >= 11 is 0. The third-order valence-electron chi connectivity index (χ3n) is 7.21. The summed E-state index contributed by atoms with van der Waals surface area (Å²) in [6.45, 7) is 2.57. The van der Waals surface area contributed by atoms with Crippen molar-refractivity contribution in [2.45, 2.75) is 44.6 Å². The minimum Gasteiger partial charge on any atom is -0.480 e. The number of carbonyl (C=O) groups is 3. The maximum atomic E-state index is 12.4. The maximum Gasteiger partial charge on any atom is 0.407 e. The van der Waals surface area contributed by atoms with Gasteiger partial charge in [-0.2, -0.15) is 0 Å². The molecule has 7 heteroatoms. The van der Waals surface area contributed by atoms with Gasteiger partial charge in [-0.25, -0.2) is 9.59 Å². The monoisotopic (exact) mass is 464 g/mol. The smallest absolute Gasteiger partial charge is 0.407 e. The highest BCUT2D eigenvalue weighted by molar-refractivity contribution is 5.83. The number of fused-ring (bicyclic) bond motifs is 3. The van der Waals surface area contributed by atoms with E-state index >= 15 is 0 Å². The van der Waals surface area contributed by atoms with Crippen molar-refractivity contribution < 1.29 is 24.2 Å². The number of hydrogen-bond donors (Lipinski definition) is 2. The normalized spacial score (nSPS) is 19.4. The molecule has 1 atom stereocenters. The fraction of sp³-hybridized carbons (Fsp3) is 0.444. The Morgan fingerprint density at radius 1 is 1.03 bits per heavy atom. The number of hydrogen-bond acceptors (Lipinski definition) is 4. The molecule has 0 bridgehead atoms. The van der Waals surface area contributed by atoms with Gasteiger partial charge >= 0.3 is 12.1 Å². The molecule has 7 nitrogen and oxygen atoms in total. The lowest BCUT2D eigenvalue weighted by atomic mass is 9.73. The van der Waals surface area contributed by atoms with Gasteiger partial charge in [-0.1, -0.05) is 55.5 Å². The molecule has 2 N–H and O–H groups in total. The number of amides is 2. The molecule has 180 valence electrons. The van der Waals surface area contributed by atoms with E-state index in [9.17, 15) is 19.5 Å². The van der Waals surface area contributed by atoms with Gasteiger partial charge in [0.25, 0.3) is 0 Å². The SMILES string of the molecule is CCC(C(=O)O)N(C)C(=O)CC1CC(CNC(=O)OCC2c3ccccc3-c3ccccc32)C1. The fourth-order valence-corrected chi connectivity index (χ4v) is 5.26. The third kappa shape index (κ3) is 4.93. The Bertz CT molecular complexity index is 1020. The standard InChI is InChI=1S/C27H32N2O5/c1-3-24(26(31)32)29(2)25(30)14-17-12-18(13-17)15-28-27(33)34-16-23-21-10-6-4-8-19(21)20-9-5-7-11-22(20)23/h4-11,17-18,23-24H,3,12-16H2,1-2H3,(H,28,33)(H,31,32). The van der Waals surface area contributed by atoms with Crippen molar-refractivity contribution in [3.63, 3.8) is 0 Å². The zero-order chi connectivity index (χ0) is 24.2. The molecule has 2 aliphatic rings. The van der Waals surface area contributed by atoms with Crippen LogP contribution in [0.3, 0.4) is 0 Å². The molecule has 0 saturated heterocycles. The molecule has 0 radical (unpaired) electrons. The van der Waals surface area contributed by atoms with Gasteiger partial charge in [-0.3, -0.25) is 4.79 Å². The van der Waals surface area contributed by atoms with Crippen LogP contribution in [-0.4, -0.2) is 54.2 Å². The summed E-state index contributed by atoms with van der Waals surface area (Å²) in [5, 5.41) is 12.1. The van der Waals surface area contributed by atoms with Crippen molar-refractivity contribution in [3.05, 3.63) is 59.7 Å². The minimum atomic E-state index is -0.975. The highest BCUT2D eigenvalue weighted by Gasteiger charge is 2.34. The Morgan fingerprint density at radius 2 is 1.62 bits per heavy atom. The van der Waals surface area contributed by atoms with Crippen LogP contribution in [0.15, 0.2) is 48.5 Å². The number of likely N-dealkylation sites (N-methyl/N-ethyl adjacent to an activating group) is 1. The van der Waals surface area contributed by atoms with Gasteiger partial charge in [0.2, 0.25) is 5.91 Å². The lowest BCUT2D eigenvalue weighted by Crippen LogP contribution is -2.44. The first kappa shape index (κ1) is 23.8. The number of carboxylic acid groups (broad SMARTS) is 1. The van der Waals surface area contributed by atoms with Crippen molar-refractivity contribution in [1.82, 2.24) is 10.2 Å². The number of ether oxygens (including phenoxy) is 1. The molecule has 4 rings (SSSR count). The molecule has 2 aromatic carbocycles. The van der Waals surface area contributed by atoms with Gasteiger partial charge < -0.3 is 20.1 Å². The quantitative estimate of drug-likeness (QED) is 0.578. The minimum absolute atomic E-state index is 0.0342. The molecule has 1 fully saturated rings. The van der Waals surface area contributed by atoms with Crippen LogP contribution in [0.25, 0.3) is 11.1 Å². The Kier molecular flexibility index (Phi) is 7.20. The molecule has 0 spiro atoms.